The molecule has 0 aliphatic carbocycles. The van der Waals surface area contributed by atoms with E-state index in [1.165, 1.54) is 12.8 Å². The Morgan fingerprint density at radius 2 is 1.33 bits per heavy atom. The van der Waals surface area contributed by atoms with Crippen LogP contribution in [0, 0.1) is 0 Å². The Balaban J connectivity index is 0. The van der Waals surface area contributed by atoms with E-state index in [2.05, 4.69) is 22.7 Å². The van der Waals surface area contributed by atoms with E-state index in [4.69, 9.17) is 0 Å². The summed E-state index contributed by atoms with van der Waals surface area (Å²) in [5.74, 6) is 0. The molecular weight excluding hydrogens is 132 g/mol. The lowest BCUT2D eigenvalue weighted by molar-refractivity contribution is 0.309. The van der Waals surface area contributed by atoms with E-state index in [0.717, 1.165) is 0 Å². The predicted molar refractivity (Wildman–Crippen MR) is 43.1 cm³/mol. The van der Waals surface area contributed by atoms with Crippen molar-refractivity contribution in [2.24, 2.45) is 0 Å². The monoisotopic (exact) mass is 150 g/mol. The van der Waals surface area contributed by atoms with Crippen LogP contribution >= 0.6 is 0 Å². The van der Waals surface area contributed by atoms with Crippen LogP contribution in [-0.4, -0.2) is 24.2 Å². The largest absolute Gasteiger partial charge is 0.402 e. The molecule has 2 nitrogen and oxygen atoms in total. The summed E-state index contributed by atoms with van der Waals surface area (Å²) in [5, 5.41) is 0. The normalized spacial score (nSPS) is 8.00. The molecule has 0 atom stereocenters. The van der Waals surface area contributed by atoms with Gasteiger partial charge in [-0.3, -0.25) is 0 Å². The van der Waals surface area contributed by atoms with Crippen LogP contribution < -0.4 is 0 Å². The Morgan fingerprint density at radius 1 is 1.00 bits per heavy atom. The molecule has 0 saturated carbocycles. The van der Waals surface area contributed by atoms with Gasteiger partial charge in [-0.05, 0) is 0 Å². The summed E-state index contributed by atoms with van der Waals surface area (Å²) in [7, 11) is 2.73. The Kier molecular flexibility index (Phi) is 20.7. The fraction of sp³-hybridized carbons (Fsp3) is 1.00. The van der Waals surface area contributed by atoms with Crippen LogP contribution in [0.4, 0.5) is 0 Å². The first-order chi connectivity index (χ1) is 4.33. The zero-order valence-corrected chi connectivity index (χ0v) is 8.35. The van der Waals surface area contributed by atoms with Crippen LogP contribution in [0.15, 0.2) is 0 Å². The fourth-order valence-corrected chi connectivity index (χ4v) is 0.354. The zero-order valence-electron chi connectivity index (χ0n) is 6.94. The summed E-state index contributed by atoms with van der Waals surface area (Å²) >= 11 is 0. The van der Waals surface area contributed by atoms with Gasteiger partial charge < -0.3 is 8.85 Å². The van der Waals surface area contributed by atoms with Gasteiger partial charge in [0.1, 0.15) is 0 Å². The molecule has 0 aromatic rings. The lowest BCUT2D eigenvalue weighted by atomic mass is 10.4. The Labute approximate surface area is 60.6 Å². The maximum absolute atomic E-state index is 4.61. The second-order valence-electron chi connectivity index (χ2n) is 1.70. The Bertz CT molecular complexity index is 30.2. The third kappa shape index (κ3) is 31.1. The summed E-state index contributed by atoms with van der Waals surface area (Å²) in [6.07, 6.45) is 2.64. The standard InChI is InChI=1S/C4H10.C2H8O2Si/c1-3-4-2;1-3-5-4-2/h3-4H2,1-2H3;5H2,1-2H3. The molecule has 0 radical (unpaired) electrons. The quantitative estimate of drug-likeness (QED) is 0.561. The highest BCUT2D eigenvalue weighted by atomic mass is 28.3. The molecular formula is C6H18O2Si. The molecule has 0 amide bonds. The van der Waals surface area contributed by atoms with E-state index >= 15 is 0 Å². The minimum atomic E-state index is -0.568. The van der Waals surface area contributed by atoms with Crippen molar-refractivity contribution in [3.8, 4) is 0 Å². The van der Waals surface area contributed by atoms with E-state index in [1.54, 1.807) is 14.2 Å². The molecule has 58 valence electrons. The lowest BCUT2D eigenvalue weighted by Crippen LogP contribution is -1.93. The fourth-order valence-electron chi connectivity index (χ4n) is 0.118. The smallest absolute Gasteiger partial charge is 0.303 e. The molecule has 0 heterocycles. The van der Waals surface area contributed by atoms with Gasteiger partial charge in [-0.2, -0.15) is 0 Å². The second kappa shape index (κ2) is 15.7. The van der Waals surface area contributed by atoms with Gasteiger partial charge in [0.15, 0.2) is 0 Å². The third-order valence-electron chi connectivity index (χ3n) is 0.736. The van der Waals surface area contributed by atoms with E-state index in [1.807, 2.05) is 0 Å². The van der Waals surface area contributed by atoms with E-state index < -0.39 is 10.0 Å². The van der Waals surface area contributed by atoms with Crippen LogP contribution in [0.5, 0.6) is 0 Å². The first-order valence-corrected chi connectivity index (χ1v) is 4.46. The van der Waals surface area contributed by atoms with Gasteiger partial charge in [0.05, 0.1) is 0 Å². The van der Waals surface area contributed by atoms with Crippen LogP contribution in [-0.2, 0) is 8.85 Å². The predicted octanol–water partition coefficient (Wildman–Crippen LogP) is 1.08. The number of hydrogen-bond donors (Lipinski definition) is 0. The van der Waals surface area contributed by atoms with Crippen molar-refractivity contribution in [3.05, 3.63) is 0 Å². The van der Waals surface area contributed by atoms with Crippen molar-refractivity contribution >= 4 is 10.0 Å². The average molecular weight is 150 g/mol. The van der Waals surface area contributed by atoms with Crippen molar-refractivity contribution in [1.29, 1.82) is 0 Å². The third-order valence-corrected chi connectivity index (χ3v) is 1.21. The molecule has 0 aromatic heterocycles. The summed E-state index contributed by atoms with van der Waals surface area (Å²) in [5.41, 5.74) is 0. The van der Waals surface area contributed by atoms with Gasteiger partial charge in [-0.15, -0.1) is 0 Å². The van der Waals surface area contributed by atoms with E-state index in [0.29, 0.717) is 0 Å². The lowest BCUT2D eigenvalue weighted by Gasteiger charge is -1.86. The van der Waals surface area contributed by atoms with Gasteiger partial charge in [-0.1, -0.05) is 26.7 Å². The van der Waals surface area contributed by atoms with Gasteiger partial charge in [0, 0.05) is 14.2 Å². The van der Waals surface area contributed by atoms with Crippen molar-refractivity contribution < 1.29 is 8.85 Å². The SMILES string of the molecule is CCCC.CO[SiH2]OC. The maximum Gasteiger partial charge on any atom is 0.303 e. The molecule has 3 heteroatoms. The summed E-state index contributed by atoms with van der Waals surface area (Å²) in [6, 6.07) is 0. The molecule has 0 bridgehead atoms. The van der Waals surface area contributed by atoms with Crippen LogP contribution in [0.1, 0.15) is 26.7 Å². The highest BCUT2D eigenvalue weighted by Gasteiger charge is 1.67. The number of rotatable bonds is 3. The highest BCUT2D eigenvalue weighted by molar-refractivity contribution is 6.17. The van der Waals surface area contributed by atoms with Crippen LogP contribution in [0.3, 0.4) is 0 Å². The molecule has 0 saturated heterocycles. The minimum Gasteiger partial charge on any atom is -0.402 e. The maximum atomic E-state index is 4.61. The van der Waals surface area contributed by atoms with Crippen molar-refractivity contribution in [3.63, 3.8) is 0 Å². The van der Waals surface area contributed by atoms with Crippen molar-refractivity contribution in [2.45, 2.75) is 26.7 Å². The molecule has 0 rings (SSSR count). The number of unbranched alkanes of at least 4 members (excludes halogenated alkanes) is 1. The summed E-state index contributed by atoms with van der Waals surface area (Å²) in [4.78, 5) is 0. The molecule has 0 aliphatic rings. The molecule has 0 aromatic carbocycles. The molecule has 0 fully saturated rings. The van der Waals surface area contributed by atoms with E-state index in [9.17, 15) is 0 Å². The van der Waals surface area contributed by atoms with Crippen LogP contribution in [0.25, 0.3) is 0 Å². The Morgan fingerprint density at radius 3 is 1.33 bits per heavy atom. The first kappa shape index (κ1) is 11.9. The average Bonchev–Trinajstić information content (AvgIpc) is 1.91. The number of hydrogen-bond acceptors (Lipinski definition) is 2. The topological polar surface area (TPSA) is 18.5 Å². The molecule has 0 spiro atoms. The minimum absolute atomic E-state index is 0.568. The second-order valence-corrected chi connectivity index (χ2v) is 3.09. The van der Waals surface area contributed by atoms with Gasteiger partial charge in [0.25, 0.3) is 0 Å². The molecule has 0 N–H and O–H groups in total. The Hall–Kier alpha value is 0.137. The van der Waals surface area contributed by atoms with Gasteiger partial charge in [0.2, 0.25) is 0 Å². The summed E-state index contributed by atoms with van der Waals surface area (Å²) in [6.45, 7) is 4.36. The zero-order chi connectivity index (χ0) is 7.54. The molecule has 0 aliphatic heterocycles. The van der Waals surface area contributed by atoms with E-state index in [-0.39, 0.29) is 0 Å². The molecule has 9 heavy (non-hydrogen) atoms. The summed E-state index contributed by atoms with van der Waals surface area (Å²) < 4.78 is 9.22. The van der Waals surface area contributed by atoms with Gasteiger partial charge in [-0.25, -0.2) is 0 Å². The van der Waals surface area contributed by atoms with Crippen molar-refractivity contribution in [2.75, 3.05) is 14.2 Å². The van der Waals surface area contributed by atoms with Crippen molar-refractivity contribution in [1.82, 2.24) is 0 Å². The highest BCUT2D eigenvalue weighted by Crippen LogP contribution is 1.76. The molecule has 0 unspecified atom stereocenters. The first-order valence-electron chi connectivity index (χ1n) is 3.31. The van der Waals surface area contributed by atoms with Gasteiger partial charge >= 0.3 is 10.0 Å². The van der Waals surface area contributed by atoms with Crippen LogP contribution in [0.2, 0.25) is 0 Å².